The van der Waals surface area contributed by atoms with E-state index in [0.29, 0.717) is 22.3 Å². The summed E-state index contributed by atoms with van der Waals surface area (Å²) in [7, 11) is 0. The minimum atomic E-state index is -0.308. The minimum Gasteiger partial charge on any atom is -0.461 e. The number of nitrogens with one attached hydrogen (secondary N) is 2. The fourth-order valence-corrected chi connectivity index (χ4v) is 4.03. The first-order valence-corrected chi connectivity index (χ1v) is 11.1. The molecule has 2 heterocycles. The van der Waals surface area contributed by atoms with Gasteiger partial charge >= 0.3 is 0 Å². The third-order valence-corrected chi connectivity index (χ3v) is 5.93. The van der Waals surface area contributed by atoms with Crippen molar-refractivity contribution in [2.45, 2.75) is 5.03 Å². The van der Waals surface area contributed by atoms with Crippen molar-refractivity contribution in [1.29, 1.82) is 0 Å². The number of fused-ring (bicyclic) bond motifs is 1. The van der Waals surface area contributed by atoms with Gasteiger partial charge < -0.3 is 15.1 Å². The maximum atomic E-state index is 12.3. The summed E-state index contributed by atoms with van der Waals surface area (Å²) in [6.07, 6.45) is 1.56. The molecule has 0 aliphatic heterocycles. The zero-order chi connectivity index (χ0) is 21.6. The van der Waals surface area contributed by atoms with Gasteiger partial charge in [0.25, 0.3) is 0 Å². The summed E-state index contributed by atoms with van der Waals surface area (Å²) in [6.45, 7) is -0.122. The van der Waals surface area contributed by atoms with E-state index < -0.39 is 0 Å². The van der Waals surface area contributed by atoms with Gasteiger partial charge in [-0.15, -0.1) is 0 Å². The second-order valence-electron chi connectivity index (χ2n) is 6.44. The van der Waals surface area contributed by atoms with E-state index in [2.05, 4.69) is 36.5 Å². The van der Waals surface area contributed by atoms with E-state index in [1.165, 1.54) is 11.8 Å². The quantitative estimate of drug-likeness (QED) is 0.288. The number of furan rings is 1. The minimum absolute atomic E-state index is 0.112. The summed E-state index contributed by atoms with van der Waals surface area (Å²) in [5, 5.41) is 6.90. The molecule has 9 heteroatoms. The fraction of sp³-hybridized carbons (Fsp3) is 0.0909. The fourth-order valence-electron chi connectivity index (χ4n) is 2.79. The molecule has 0 radical (unpaired) electrons. The van der Waals surface area contributed by atoms with E-state index in [0.717, 1.165) is 15.4 Å². The van der Waals surface area contributed by atoms with E-state index in [9.17, 15) is 9.59 Å². The van der Waals surface area contributed by atoms with Gasteiger partial charge in [-0.25, -0.2) is 9.97 Å². The molecular weight excluding hydrogens is 480 g/mol. The summed E-state index contributed by atoms with van der Waals surface area (Å²) in [6, 6.07) is 18.4. The number of aromatic nitrogens is 2. The molecule has 31 heavy (non-hydrogen) atoms. The summed E-state index contributed by atoms with van der Waals surface area (Å²) < 4.78 is 6.18. The molecule has 0 saturated heterocycles. The monoisotopic (exact) mass is 496 g/mol. The van der Waals surface area contributed by atoms with Crippen LogP contribution in [0, 0.1) is 0 Å². The lowest BCUT2D eigenvalue weighted by molar-refractivity contribution is -0.122. The topological polar surface area (TPSA) is 97.1 Å². The van der Waals surface area contributed by atoms with Gasteiger partial charge in [-0.05, 0) is 46.3 Å². The highest BCUT2D eigenvalue weighted by molar-refractivity contribution is 9.10. The van der Waals surface area contributed by atoms with Gasteiger partial charge in [0.05, 0.1) is 29.8 Å². The Labute approximate surface area is 190 Å². The SMILES string of the molecule is O=C(CSc1nc(-c2ccco2)nc2ccccc12)NCC(=O)Nc1ccccc1Br. The number of hydrogen-bond donors (Lipinski definition) is 2. The summed E-state index contributed by atoms with van der Waals surface area (Å²) in [5.74, 6) is 0.550. The Morgan fingerprint density at radius 2 is 1.77 bits per heavy atom. The Morgan fingerprint density at radius 3 is 2.58 bits per heavy atom. The van der Waals surface area contributed by atoms with Gasteiger partial charge in [0.1, 0.15) is 5.03 Å². The Morgan fingerprint density at radius 1 is 0.968 bits per heavy atom. The normalized spacial score (nSPS) is 10.7. The predicted octanol–water partition coefficient (Wildman–Crippen LogP) is 4.50. The molecule has 2 aromatic heterocycles. The molecule has 2 aromatic carbocycles. The number of hydrogen-bond acceptors (Lipinski definition) is 6. The Hall–Kier alpha value is -3.17. The highest BCUT2D eigenvalue weighted by atomic mass is 79.9. The second kappa shape index (κ2) is 9.76. The lowest BCUT2D eigenvalue weighted by atomic mass is 10.2. The van der Waals surface area contributed by atoms with Crippen molar-refractivity contribution in [3.63, 3.8) is 0 Å². The molecule has 0 aliphatic rings. The number of nitrogens with zero attached hydrogens (tertiary/aromatic N) is 2. The van der Waals surface area contributed by atoms with Gasteiger partial charge in [-0.3, -0.25) is 9.59 Å². The van der Waals surface area contributed by atoms with Crippen LogP contribution in [0.5, 0.6) is 0 Å². The predicted molar refractivity (Wildman–Crippen MR) is 124 cm³/mol. The molecule has 4 aromatic rings. The van der Waals surface area contributed by atoms with Crippen molar-refractivity contribution in [2.24, 2.45) is 0 Å². The summed E-state index contributed by atoms with van der Waals surface area (Å²) in [4.78, 5) is 33.5. The molecule has 0 fully saturated rings. The molecule has 0 saturated carbocycles. The van der Waals surface area contributed by atoms with Gasteiger partial charge in [0, 0.05) is 9.86 Å². The van der Waals surface area contributed by atoms with Crippen LogP contribution in [-0.2, 0) is 9.59 Å². The lowest BCUT2D eigenvalue weighted by Crippen LogP contribution is -2.34. The first-order chi connectivity index (χ1) is 15.1. The molecule has 2 N–H and O–H groups in total. The maximum Gasteiger partial charge on any atom is 0.243 e. The van der Waals surface area contributed by atoms with E-state index in [4.69, 9.17) is 4.42 Å². The van der Waals surface area contributed by atoms with Gasteiger partial charge in [0.2, 0.25) is 11.8 Å². The molecule has 0 unspecified atom stereocenters. The van der Waals surface area contributed by atoms with Crippen molar-refractivity contribution >= 4 is 56.1 Å². The van der Waals surface area contributed by atoms with E-state index >= 15 is 0 Å². The Balaban J connectivity index is 1.39. The lowest BCUT2D eigenvalue weighted by Gasteiger charge is -2.09. The van der Waals surface area contributed by atoms with Crippen LogP contribution in [0.3, 0.4) is 0 Å². The highest BCUT2D eigenvalue weighted by Crippen LogP contribution is 2.28. The first-order valence-electron chi connectivity index (χ1n) is 9.34. The average Bonchev–Trinajstić information content (AvgIpc) is 3.32. The highest BCUT2D eigenvalue weighted by Gasteiger charge is 2.14. The molecule has 7 nitrogen and oxygen atoms in total. The van der Waals surface area contributed by atoms with E-state index in [1.807, 2.05) is 42.5 Å². The number of benzene rings is 2. The zero-order valence-electron chi connectivity index (χ0n) is 16.2. The number of carbonyl (C=O) groups excluding carboxylic acids is 2. The number of anilines is 1. The number of amides is 2. The average molecular weight is 497 g/mol. The van der Waals surface area contributed by atoms with Crippen LogP contribution in [0.4, 0.5) is 5.69 Å². The third kappa shape index (κ3) is 5.31. The van der Waals surface area contributed by atoms with Crippen molar-refractivity contribution in [3.05, 3.63) is 71.4 Å². The van der Waals surface area contributed by atoms with Crippen LogP contribution in [0.15, 0.2) is 80.8 Å². The largest absolute Gasteiger partial charge is 0.461 e. The Kier molecular flexibility index (Phi) is 6.63. The summed E-state index contributed by atoms with van der Waals surface area (Å²) in [5.41, 5.74) is 1.41. The van der Waals surface area contributed by atoms with E-state index in [1.54, 1.807) is 24.5 Å². The standard InChI is InChI=1S/C22H17BrN4O3S/c23-15-7-2-4-9-17(15)25-19(28)12-24-20(29)13-31-22-14-6-1-3-8-16(14)26-21(27-22)18-10-5-11-30-18/h1-11H,12-13H2,(H,24,29)(H,25,28). The number of para-hydroxylation sites is 2. The van der Waals surface area contributed by atoms with Crippen LogP contribution < -0.4 is 10.6 Å². The molecule has 0 bridgehead atoms. The van der Waals surface area contributed by atoms with Crippen molar-refractivity contribution in [2.75, 3.05) is 17.6 Å². The number of halogens is 1. The van der Waals surface area contributed by atoms with Crippen LogP contribution in [0.2, 0.25) is 0 Å². The number of carbonyl (C=O) groups is 2. The maximum absolute atomic E-state index is 12.3. The van der Waals surface area contributed by atoms with Gasteiger partial charge in [-0.2, -0.15) is 0 Å². The molecule has 0 atom stereocenters. The molecule has 0 aliphatic carbocycles. The molecule has 4 rings (SSSR count). The van der Waals surface area contributed by atoms with Crippen LogP contribution >= 0.6 is 27.7 Å². The zero-order valence-corrected chi connectivity index (χ0v) is 18.6. The molecule has 156 valence electrons. The second-order valence-corrected chi connectivity index (χ2v) is 8.26. The molecular formula is C22H17BrN4O3S. The Bertz CT molecular complexity index is 1230. The van der Waals surface area contributed by atoms with Crippen LogP contribution in [-0.4, -0.2) is 34.1 Å². The van der Waals surface area contributed by atoms with Crippen molar-refractivity contribution in [1.82, 2.24) is 15.3 Å². The van der Waals surface area contributed by atoms with Crippen LogP contribution in [0.25, 0.3) is 22.5 Å². The summed E-state index contributed by atoms with van der Waals surface area (Å²) >= 11 is 4.65. The van der Waals surface area contributed by atoms with Crippen molar-refractivity contribution in [3.8, 4) is 11.6 Å². The number of thioether (sulfide) groups is 1. The molecule has 0 spiro atoms. The third-order valence-electron chi connectivity index (χ3n) is 4.24. The van der Waals surface area contributed by atoms with Crippen molar-refractivity contribution < 1.29 is 14.0 Å². The van der Waals surface area contributed by atoms with Gasteiger partial charge in [0.15, 0.2) is 11.6 Å². The number of rotatable bonds is 7. The smallest absolute Gasteiger partial charge is 0.243 e. The van der Waals surface area contributed by atoms with E-state index in [-0.39, 0.29) is 24.1 Å². The first kappa shape index (κ1) is 21.1. The van der Waals surface area contributed by atoms with Crippen LogP contribution in [0.1, 0.15) is 0 Å². The van der Waals surface area contributed by atoms with Gasteiger partial charge in [-0.1, -0.05) is 42.1 Å². The molecule has 2 amide bonds.